The minimum atomic E-state index is -0.709. The summed E-state index contributed by atoms with van der Waals surface area (Å²) >= 11 is 0. The molecule has 2 heterocycles. The summed E-state index contributed by atoms with van der Waals surface area (Å²) in [6.07, 6.45) is 5.42. The van der Waals surface area contributed by atoms with Crippen LogP contribution >= 0.6 is 0 Å². The van der Waals surface area contributed by atoms with E-state index in [1.807, 2.05) is 12.1 Å². The number of nitrogens with zero attached hydrogens (tertiary/aromatic N) is 1. The number of methoxy groups -OCH3 is 1. The molecule has 1 saturated carbocycles. The number of likely N-dealkylation sites (tertiary alicyclic amines) is 1. The minimum absolute atomic E-state index is 0.369. The molecule has 136 valence electrons. The Morgan fingerprint density at radius 2 is 2.08 bits per heavy atom. The zero-order chi connectivity index (χ0) is 17.4. The highest BCUT2D eigenvalue weighted by atomic mass is 16.6. The van der Waals surface area contributed by atoms with Gasteiger partial charge < -0.3 is 19.3 Å². The van der Waals surface area contributed by atoms with E-state index in [9.17, 15) is 9.90 Å². The van der Waals surface area contributed by atoms with E-state index >= 15 is 0 Å². The normalized spacial score (nSPS) is 28.4. The molecule has 3 unspecified atom stereocenters. The molecule has 0 radical (unpaired) electrons. The van der Waals surface area contributed by atoms with Crippen LogP contribution in [-0.4, -0.2) is 48.4 Å². The molecule has 1 N–H and O–H groups in total. The van der Waals surface area contributed by atoms with Crippen molar-refractivity contribution in [3.8, 4) is 17.2 Å². The lowest BCUT2D eigenvalue weighted by molar-refractivity contribution is -0.142. The van der Waals surface area contributed by atoms with Crippen molar-refractivity contribution in [2.75, 3.05) is 20.3 Å². The lowest BCUT2D eigenvalue weighted by Gasteiger charge is -2.33. The molecule has 0 bridgehead atoms. The first kappa shape index (κ1) is 16.5. The summed E-state index contributed by atoms with van der Waals surface area (Å²) in [6.45, 7) is 1.64. The summed E-state index contributed by atoms with van der Waals surface area (Å²) in [5.41, 5.74) is 1.01. The Morgan fingerprint density at radius 1 is 1.28 bits per heavy atom. The molecule has 0 aromatic heterocycles. The minimum Gasteiger partial charge on any atom is -0.493 e. The molecule has 1 aromatic carbocycles. The largest absolute Gasteiger partial charge is 0.493 e. The first-order chi connectivity index (χ1) is 12.2. The van der Waals surface area contributed by atoms with E-state index in [-0.39, 0.29) is 0 Å². The van der Waals surface area contributed by atoms with Gasteiger partial charge in [-0.15, -0.1) is 0 Å². The van der Waals surface area contributed by atoms with Crippen molar-refractivity contribution in [1.29, 1.82) is 0 Å². The average Bonchev–Trinajstić information content (AvgIpc) is 3.00. The predicted octanol–water partition coefficient (Wildman–Crippen LogP) is 2.68. The molecule has 3 aliphatic rings. The van der Waals surface area contributed by atoms with Crippen molar-refractivity contribution in [2.45, 2.75) is 50.7 Å². The maximum Gasteiger partial charge on any atom is 0.320 e. The van der Waals surface area contributed by atoms with Crippen LogP contribution < -0.4 is 14.2 Å². The first-order valence-corrected chi connectivity index (χ1v) is 9.12. The highest BCUT2D eigenvalue weighted by Crippen LogP contribution is 2.43. The van der Waals surface area contributed by atoms with Crippen molar-refractivity contribution >= 4 is 5.97 Å². The van der Waals surface area contributed by atoms with Gasteiger partial charge in [0.25, 0.3) is 0 Å². The third-order valence-corrected chi connectivity index (χ3v) is 5.76. The van der Waals surface area contributed by atoms with Crippen molar-refractivity contribution < 1.29 is 24.1 Å². The van der Waals surface area contributed by atoms with Gasteiger partial charge >= 0.3 is 5.97 Å². The number of hydrogen-bond acceptors (Lipinski definition) is 5. The van der Waals surface area contributed by atoms with Crippen molar-refractivity contribution in [1.82, 2.24) is 4.90 Å². The molecule has 25 heavy (non-hydrogen) atoms. The molecule has 1 aliphatic carbocycles. The van der Waals surface area contributed by atoms with Crippen LogP contribution in [-0.2, 0) is 11.3 Å². The molecule has 0 spiro atoms. The topological polar surface area (TPSA) is 68.2 Å². The maximum atomic E-state index is 11.8. The molecule has 2 fully saturated rings. The SMILES string of the molecule is COc1cc(CN2C(C(=O)O)CC3CCCCC32)cc2c1OCCO2. The van der Waals surface area contributed by atoms with E-state index < -0.39 is 12.0 Å². The van der Waals surface area contributed by atoms with E-state index in [4.69, 9.17) is 14.2 Å². The lowest BCUT2D eigenvalue weighted by atomic mass is 9.84. The highest BCUT2D eigenvalue weighted by Gasteiger charge is 2.45. The summed E-state index contributed by atoms with van der Waals surface area (Å²) in [6, 6.07) is 3.88. The van der Waals surface area contributed by atoms with Gasteiger partial charge in [-0.05, 0) is 42.9 Å². The van der Waals surface area contributed by atoms with Gasteiger partial charge in [0.2, 0.25) is 5.75 Å². The van der Waals surface area contributed by atoms with Gasteiger partial charge in [-0.1, -0.05) is 12.8 Å². The number of carbonyl (C=O) groups is 1. The van der Waals surface area contributed by atoms with Gasteiger partial charge in [0.05, 0.1) is 7.11 Å². The van der Waals surface area contributed by atoms with Gasteiger partial charge in [-0.3, -0.25) is 9.69 Å². The number of carboxylic acid groups (broad SMARTS) is 1. The summed E-state index contributed by atoms with van der Waals surface area (Å²) in [4.78, 5) is 14.0. The molecular formula is C19H25NO5. The fourth-order valence-electron chi connectivity index (χ4n) is 4.65. The second kappa shape index (κ2) is 6.75. The number of benzene rings is 1. The van der Waals surface area contributed by atoms with Gasteiger partial charge in [-0.25, -0.2) is 0 Å². The van der Waals surface area contributed by atoms with Gasteiger partial charge in [-0.2, -0.15) is 0 Å². The Morgan fingerprint density at radius 3 is 2.88 bits per heavy atom. The number of aliphatic carboxylic acids is 1. The third kappa shape index (κ3) is 3.03. The van der Waals surface area contributed by atoms with Crippen LogP contribution in [0, 0.1) is 5.92 Å². The number of hydrogen-bond donors (Lipinski definition) is 1. The third-order valence-electron chi connectivity index (χ3n) is 5.76. The zero-order valence-electron chi connectivity index (χ0n) is 14.6. The number of fused-ring (bicyclic) bond motifs is 2. The highest BCUT2D eigenvalue weighted by molar-refractivity contribution is 5.74. The zero-order valence-corrected chi connectivity index (χ0v) is 14.6. The van der Waals surface area contributed by atoms with Crippen LogP contribution in [0.1, 0.15) is 37.7 Å². The molecule has 4 rings (SSSR count). The van der Waals surface area contributed by atoms with Crippen molar-refractivity contribution in [3.05, 3.63) is 17.7 Å². The molecule has 6 nitrogen and oxygen atoms in total. The average molecular weight is 347 g/mol. The molecule has 1 saturated heterocycles. The van der Waals surface area contributed by atoms with E-state index in [0.717, 1.165) is 24.8 Å². The Hall–Kier alpha value is -1.95. The van der Waals surface area contributed by atoms with Crippen LogP contribution in [0.2, 0.25) is 0 Å². The molecule has 0 amide bonds. The van der Waals surface area contributed by atoms with Crippen molar-refractivity contribution in [3.63, 3.8) is 0 Å². The van der Waals surface area contributed by atoms with Gasteiger partial charge in [0, 0.05) is 12.6 Å². The van der Waals surface area contributed by atoms with Crippen LogP contribution in [0.5, 0.6) is 17.2 Å². The lowest BCUT2D eigenvalue weighted by Crippen LogP contribution is -2.41. The van der Waals surface area contributed by atoms with Crippen molar-refractivity contribution in [2.24, 2.45) is 5.92 Å². The van der Waals surface area contributed by atoms with E-state index in [1.165, 1.54) is 12.8 Å². The molecule has 1 aromatic rings. The van der Waals surface area contributed by atoms with Crippen LogP contribution in [0.3, 0.4) is 0 Å². The fourth-order valence-corrected chi connectivity index (χ4v) is 4.65. The van der Waals surface area contributed by atoms with Gasteiger partial charge in [0.1, 0.15) is 19.3 Å². The smallest absolute Gasteiger partial charge is 0.320 e. The number of carboxylic acids is 1. The monoisotopic (exact) mass is 347 g/mol. The second-order valence-corrected chi connectivity index (χ2v) is 7.20. The molecule has 2 aliphatic heterocycles. The standard InChI is InChI=1S/C19H25NO5/c1-23-16-8-12(9-17-18(16)25-7-6-24-17)11-20-14-5-3-2-4-13(14)10-15(20)19(21)22/h8-9,13-15H,2-7,10-11H2,1H3,(H,21,22). The second-order valence-electron chi connectivity index (χ2n) is 7.20. The number of rotatable bonds is 4. The quantitative estimate of drug-likeness (QED) is 0.903. The molecular weight excluding hydrogens is 322 g/mol. The predicted molar refractivity (Wildman–Crippen MR) is 91.3 cm³/mol. The van der Waals surface area contributed by atoms with E-state index in [1.54, 1.807) is 7.11 Å². The fraction of sp³-hybridized carbons (Fsp3) is 0.632. The Kier molecular flexibility index (Phi) is 4.46. The van der Waals surface area contributed by atoms with E-state index in [2.05, 4.69) is 4.90 Å². The maximum absolute atomic E-state index is 11.8. The van der Waals surface area contributed by atoms with E-state index in [0.29, 0.717) is 49.0 Å². The van der Waals surface area contributed by atoms with Gasteiger partial charge in [0.15, 0.2) is 11.5 Å². The Balaban J connectivity index is 1.62. The summed E-state index contributed by atoms with van der Waals surface area (Å²) in [7, 11) is 1.62. The summed E-state index contributed by atoms with van der Waals surface area (Å²) < 4.78 is 16.8. The first-order valence-electron chi connectivity index (χ1n) is 9.12. The summed E-state index contributed by atoms with van der Waals surface area (Å²) in [5.74, 6) is 1.78. The van der Waals surface area contributed by atoms with Crippen LogP contribution in [0.4, 0.5) is 0 Å². The number of ether oxygens (including phenoxy) is 3. The van der Waals surface area contributed by atoms with Crippen LogP contribution in [0.25, 0.3) is 0 Å². The molecule has 3 atom stereocenters. The molecule has 6 heteroatoms. The Labute approximate surface area is 147 Å². The summed E-state index contributed by atoms with van der Waals surface area (Å²) in [5, 5.41) is 9.69. The van der Waals surface area contributed by atoms with Crippen LogP contribution in [0.15, 0.2) is 12.1 Å². The Bertz CT molecular complexity index is 644.